The molecule has 3 rings (SSSR count). The van der Waals surface area contributed by atoms with Crippen LogP contribution in [0.2, 0.25) is 10.0 Å². The van der Waals surface area contributed by atoms with Gasteiger partial charge in [-0.3, -0.25) is 14.3 Å². The first-order valence-electron chi connectivity index (χ1n) is 9.32. The summed E-state index contributed by atoms with van der Waals surface area (Å²) in [5, 5.41) is 12.0. The summed E-state index contributed by atoms with van der Waals surface area (Å²) >= 11 is 12.0. The average Bonchev–Trinajstić information content (AvgIpc) is 2.73. The number of halogens is 2. The van der Waals surface area contributed by atoms with E-state index in [1.807, 2.05) is 0 Å². The standard InChI is InChI=1S/C22H18Cl2N2O5S/c23-18-7-4-8-19(24)21(18)32(30,31)26-16-11-9-15(10-12-16)25-20(27)13-17(22(28)29)14-5-2-1-3-6-14/h1-12,17,26H,13H2,(H,25,27)(H,28,29). The highest BCUT2D eigenvalue weighted by atomic mass is 35.5. The first kappa shape index (κ1) is 23.6. The highest BCUT2D eigenvalue weighted by Gasteiger charge is 2.24. The molecule has 166 valence electrons. The molecular formula is C22H18Cl2N2O5S. The van der Waals surface area contributed by atoms with Crippen LogP contribution in [0.3, 0.4) is 0 Å². The number of anilines is 2. The Hall–Kier alpha value is -3.07. The Balaban J connectivity index is 1.68. The molecule has 0 aromatic heterocycles. The van der Waals surface area contributed by atoms with Crippen LogP contribution >= 0.6 is 23.2 Å². The lowest BCUT2D eigenvalue weighted by Gasteiger charge is -2.14. The smallest absolute Gasteiger partial charge is 0.311 e. The van der Waals surface area contributed by atoms with E-state index in [1.165, 1.54) is 42.5 Å². The molecule has 1 atom stereocenters. The molecule has 0 aliphatic heterocycles. The fraction of sp³-hybridized carbons (Fsp3) is 0.0909. The highest BCUT2D eigenvalue weighted by molar-refractivity contribution is 7.93. The summed E-state index contributed by atoms with van der Waals surface area (Å²) in [4.78, 5) is 23.7. The fourth-order valence-electron chi connectivity index (χ4n) is 3.00. The molecule has 0 spiro atoms. The zero-order chi connectivity index (χ0) is 23.3. The molecule has 3 N–H and O–H groups in total. The normalized spacial score (nSPS) is 12.1. The van der Waals surface area contributed by atoms with Gasteiger partial charge in [-0.25, -0.2) is 8.42 Å². The second-order valence-corrected chi connectivity index (χ2v) is 9.22. The highest BCUT2D eigenvalue weighted by Crippen LogP contribution is 2.30. The quantitative estimate of drug-likeness (QED) is 0.409. The van der Waals surface area contributed by atoms with E-state index in [-0.39, 0.29) is 27.0 Å². The Morgan fingerprint density at radius 1 is 0.844 bits per heavy atom. The third kappa shape index (κ3) is 5.79. The van der Waals surface area contributed by atoms with Crippen molar-refractivity contribution in [3.8, 4) is 0 Å². The van der Waals surface area contributed by atoms with Crippen LogP contribution in [0.1, 0.15) is 17.9 Å². The van der Waals surface area contributed by atoms with Crippen LogP contribution in [0.5, 0.6) is 0 Å². The molecule has 7 nitrogen and oxygen atoms in total. The molecule has 32 heavy (non-hydrogen) atoms. The number of hydrogen-bond donors (Lipinski definition) is 3. The van der Waals surface area contributed by atoms with Crippen LogP contribution in [0.4, 0.5) is 11.4 Å². The van der Waals surface area contributed by atoms with Gasteiger partial charge >= 0.3 is 5.97 Å². The van der Waals surface area contributed by atoms with Gasteiger partial charge in [-0.1, -0.05) is 59.6 Å². The largest absolute Gasteiger partial charge is 0.481 e. The first-order chi connectivity index (χ1) is 15.2. The number of carboxylic acid groups (broad SMARTS) is 1. The zero-order valence-corrected chi connectivity index (χ0v) is 18.8. The van der Waals surface area contributed by atoms with Crippen molar-refractivity contribution in [2.24, 2.45) is 0 Å². The van der Waals surface area contributed by atoms with E-state index in [0.717, 1.165) is 0 Å². The maximum absolute atomic E-state index is 12.6. The van der Waals surface area contributed by atoms with Gasteiger partial charge in [0.05, 0.1) is 16.0 Å². The Morgan fingerprint density at radius 2 is 1.41 bits per heavy atom. The van der Waals surface area contributed by atoms with E-state index >= 15 is 0 Å². The maximum Gasteiger partial charge on any atom is 0.311 e. The van der Waals surface area contributed by atoms with Crippen LogP contribution in [-0.4, -0.2) is 25.4 Å². The third-order valence-electron chi connectivity index (χ3n) is 4.50. The monoisotopic (exact) mass is 492 g/mol. The van der Waals surface area contributed by atoms with Gasteiger partial charge in [0.2, 0.25) is 5.91 Å². The average molecular weight is 493 g/mol. The number of amides is 1. The van der Waals surface area contributed by atoms with Crippen molar-refractivity contribution < 1.29 is 23.1 Å². The van der Waals surface area contributed by atoms with E-state index in [9.17, 15) is 23.1 Å². The minimum absolute atomic E-state index is 0.0136. The number of aliphatic carboxylic acids is 1. The zero-order valence-electron chi connectivity index (χ0n) is 16.5. The predicted octanol–water partition coefficient (Wildman–Crippen LogP) is 4.99. The Kier molecular flexibility index (Phi) is 7.40. The van der Waals surface area contributed by atoms with Crippen molar-refractivity contribution in [2.75, 3.05) is 10.0 Å². The number of benzene rings is 3. The van der Waals surface area contributed by atoms with Gasteiger partial charge in [0.25, 0.3) is 10.0 Å². The fourth-order valence-corrected chi connectivity index (χ4v) is 5.20. The van der Waals surface area contributed by atoms with Crippen molar-refractivity contribution in [1.82, 2.24) is 0 Å². The molecule has 1 amide bonds. The molecule has 3 aromatic carbocycles. The van der Waals surface area contributed by atoms with Gasteiger partial charge in [0.1, 0.15) is 4.90 Å². The lowest BCUT2D eigenvalue weighted by Crippen LogP contribution is -2.21. The van der Waals surface area contributed by atoms with Crippen molar-refractivity contribution in [2.45, 2.75) is 17.2 Å². The Labute approximate surface area is 195 Å². The number of rotatable bonds is 8. The molecule has 0 fully saturated rings. The molecule has 0 saturated heterocycles. The molecular weight excluding hydrogens is 475 g/mol. The molecule has 10 heteroatoms. The minimum Gasteiger partial charge on any atom is -0.481 e. The number of carbonyl (C=O) groups excluding carboxylic acids is 1. The van der Waals surface area contributed by atoms with Crippen molar-refractivity contribution in [1.29, 1.82) is 0 Å². The van der Waals surface area contributed by atoms with E-state index in [2.05, 4.69) is 10.0 Å². The van der Waals surface area contributed by atoms with Gasteiger partial charge in [-0.15, -0.1) is 0 Å². The summed E-state index contributed by atoms with van der Waals surface area (Å²) in [6.45, 7) is 0. The van der Waals surface area contributed by atoms with Crippen LogP contribution < -0.4 is 10.0 Å². The lowest BCUT2D eigenvalue weighted by molar-refractivity contribution is -0.140. The van der Waals surface area contributed by atoms with Crippen LogP contribution in [0, 0.1) is 0 Å². The molecule has 0 aliphatic carbocycles. The van der Waals surface area contributed by atoms with Gasteiger partial charge < -0.3 is 10.4 Å². The van der Waals surface area contributed by atoms with E-state index in [1.54, 1.807) is 30.3 Å². The van der Waals surface area contributed by atoms with E-state index in [0.29, 0.717) is 11.3 Å². The second kappa shape index (κ2) is 10.0. The van der Waals surface area contributed by atoms with Crippen LogP contribution in [-0.2, 0) is 19.6 Å². The lowest BCUT2D eigenvalue weighted by atomic mass is 9.95. The van der Waals surface area contributed by atoms with Gasteiger partial charge in [-0.2, -0.15) is 0 Å². The minimum atomic E-state index is -4.03. The third-order valence-corrected chi connectivity index (χ3v) is 6.83. The molecule has 1 unspecified atom stereocenters. The topological polar surface area (TPSA) is 113 Å². The summed E-state index contributed by atoms with van der Waals surface area (Å²) < 4.78 is 27.6. The van der Waals surface area contributed by atoms with Gasteiger partial charge in [0, 0.05) is 17.8 Å². The van der Waals surface area contributed by atoms with Crippen molar-refractivity contribution >= 4 is 56.5 Å². The molecule has 0 heterocycles. The number of nitrogens with one attached hydrogen (secondary N) is 2. The Bertz CT molecular complexity index is 1210. The summed E-state index contributed by atoms with van der Waals surface area (Å²) in [6, 6.07) is 18.7. The van der Waals surface area contributed by atoms with E-state index in [4.69, 9.17) is 23.2 Å². The second-order valence-electron chi connectivity index (χ2n) is 6.79. The number of hydrogen-bond acceptors (Lipinski definition) is 4. The van der Waals surface area contributed by atoms with Crippen LogP contribution in [0.25, 0.3) is 0 Å². The SMILES string of the molecule is O=C(CC(C(=O)O)c1ccccc1)Nc1ccc(NS(=O)(=O)c2c(Cl)cccc2Cl)cc1. The molecule has 0 bridgehead atoms. The Morgan fingerprint density at radius 3 is 1.97 bits per heavy atom. The van der Waals surface area contributed by atoms with Crippen molar-refractivity contribution in [3.63, 3.8) is 0 Å². The summed E-state index contributed by atoms with van der Waals surface area (Å²) in [7, 11) is -4.03. The van der Waals surface area contributed by atoms with Gasteiger partial charge in [-0.05, 0) is 42.0 Å². The molecule has 0 saturated carbocycles. The predicted molar refractivity (Wildman–Crippen MR) is 124 cm³/mol. The number of carbonyl (C=O) groups is 2. The molecule has 3 aromatic rings. The number of sulfonamides is 1. The molecule has 0 aliphatic rings. The summed E-state index contributed by atoms with van der Waals surface area (Å²) in [5.74, 6) is -2.57. The molecule has 0 radical (unpaired) electrons. The van der Waals surface area contributed by atoms with Crippen LogP contribution in [0.15, 0.2) is 77.7 Å². The summed E-state index contributed by atoms with van der Waals surface area (Å²) in [6.07, 6.45) is -0.251. The van der Waals surface area contributed by atoms with Gasteiger partial charge in [0.15, 0.2) is 0 Å². The maximum atomic E-state index is 12.6. The van der Waals surface area contributed by atoms with Crippen molar-refractivity contribution in [3.05, 3.63) is 88.4 Å². The summed E-state index contributed by atoms with van der Waals surface area (Å²) in [5.41, 5.74) is 1.13. The van der Waals surface area contributed by atoms with E-state index < -0.39 is 27.8 Å². The first-order valence-corrected chi connectivity index (χ1v) is 11.6. The number of carboxylic acids is 1.